The first kappa shape index (κ1) is 13.8. The average Bonchev–Trinajstić information content (AvgIpc) is 2.38. The van der Waals surface area contributed by atoms with E-state index in [1.165, 1.54) is 12.1 Å². The molecular weight excluding hydrogens is 251 g/mol. The highest BCUT2D eigenvalue weighted by atomic mass is 19.1. The molecule has 1 atom stereocenters. The number of benzene rings is 1. The summed E-state index contributed by atoms with van der Waals surface area (Å²) >= 11 is 0. The number of carbonyl (C=O) groups is 1. The number of carbonyl (C=O) groups excluding carboxylic acids is 1. The molecule has 0 aromatic heterocycles. The van der Waals surface area contributed by atoms with Gasteiger partial charge in [0.2, 0.25) is 5.91 Å². The Morgan fingerprint density at radius 2 is 2.26 bits per heavy atom. The molecule has 0 saturated carbocycles. The molecule has 6 heteroatoms. The molecule has 104 valence electrons. The number of ether oxygens (including phenoxy) is 1. The van der Waals surface area contributed by atoms with E-state index in [-0.39, 0.29) is 24.8 Å². The highest BCUT2D eigenvalue weighted by Gasteiger charge is 2.19. The topological polar surface area (TPSA) is 61.8 Å². The zero-order valence-corrected chi connectivity index (χ0v) is 10.5. The summed E-state index contributed by atoms with van der Waals surface area (Å²) < 4.78 is 18.5. The predicted octanol–water partition coefficient (Wildman–Crippen LogP) is -0.00280. The van der Waals surface area contributed by atoms with Crippen molar-refractivity contribution in [1.82, 2.24) is 10.2 Å². The van der Waals surface area contributed by atoms with Gasteiger partial charge in [0.05, 0.1) is 6.54 Å². The molecule has 0 unspecified atom stereocenters. The molecule has 0 radical (unpaired) electrons. The summed E-state index contributed by atoms with van der Waals surface area (Å²) in [5.74, 6) is -0.376. The minimum atomic E-state index is -0.759. The van der Waals surface area contributed by atoms with E-state index in [1.807, 2.05) is 4.90 Å². The second kappa shape index (κ2) is 6.49. The number of halogens is 1. The molecule has 2 N–H and O–H groups in total. The van der Waals surface area contributed by atoms with Gasteiger partial charge in [-0.05, 0) is 12.1 Å². The molecule has 1 aromatic rings. The van der Waals surface area contributed by atoms with E-state index in [2.05, 4.69) is 5.32 Å². The van der Waals surface area contributed by atoms with Crippen molar-refractivity contribution in [1.29, 1.82) is 0 Å². The van der Waals surface area contributed by atoms with Crippen LogP contribution in [-0.4, -0.2) is 54.8 Å². The fourth-order valence-electron chi connectivity index (χ4n) is 1.95. The maximum Gasteiger partial charge on any atom is 0.234 e. The lowest BCUT2D eigenvalue weighted by Gasteiger charge is -2.28. The van der Waals surface area contributed by atoms with Crippen LogP contribution >= 0.6 is 0 Å². The summed E-state index contributed by atoms with van der Waals surface area (Å²) in [7, 11) is 0. The number of para-hydroxylation sites is 1. The molecule has 1 aliphatic heterocycles. The zero-order valence-electron chi connectivity index (χ0n) is 10.5. The lowest BCUT2D eigenvalue weighted by atomic mass is 10.3. The number of hydrogen-bond acceptors (Lipinski definition) is 4. The Balaban J connectivity index is 1.77. The molecule has 0 bridgehead atoms. The summed E-state index contributed by atoms with van der Waals surface area (Å²) in [6.45, 7) is 1.89. The Morgan fingerprint density at radius 1 is 1.47 bits per heavy atom. The van der Waals surface area contributed by atoms with Gasteiger partial charge >= 0.3 is 0 Å². The summed E-state index contributed by atoms with van der Waals surface area (Å²) in [4.78, 5) is 13.0. The van der Waals surface area contributed by atoms with Crippen molar-refractivity contribution in [2.45, 2.75) is 6.10 Å². The first-order valence-corrected chi connectivity index (χ1v) is 6.19. The van der Waals surface area contributed by atoms with Gasteiger partial charge in [-0.3, -0.25) is 9.69 Å². The fraction of sp³-hybridized carbons (Fsp3) is 0.462. The first-order valence-electron chi connectivity index (χ1n) is 6.19. The lowest BCUT2D eigenvalue weighted by Crippen LogP contribution is -2.50. The second-order valence-electron chi connectivity index (χ2n) is 4.48. The van der Waals surface area contributed by atoms with Gasteiger partial charge in [-0.15, -0.1) is 0 Å². The van der Waals surface area contributed by atoms with Gasteiger partial charge < -0.3 is 15.2 Å². The number of rotatable bonds is 5. The molecule has 0 aliphatic carbocycles. The number of hydrogen-bond donors (Lipinski definition) is 2. The fourth-order valence-corrected chi connectivity index (χ4v) is 1.95. The van der Waals surface area contributed by atoms with Crippen LogP contribution in [0.5, 0.6) is 5.75 Å². The molecule has 1 fully saturated rings. The van der Waals surface area contributed by atoms with Crippen molar-refractivity contribution in [2.75, 3.05) is 32.8 Å². The minimum Gasteiger partial charge on any atom is -0.488 e. The summed E-state index contributed by atoms with van der Waals surface area (Å²) in [5, 5.41) is 12.5. The Labute approximate surface area is 111 Å². The maximum atomic E-state index is 13.3. The van der Waals surface area contributed by atoms with E-state index >= 15 is 0 Å². The predicted molar refractivity (Wildman–Crippen MR) is 67.4 cm³/mol. The van der Waals surface area contributed by atoms with Crippen LogP contribution in [0.3, 0.4) is 0 Å². The largest absolute Gasteiger partial charge is 0.488 e. The summed E-state index contributed by atoms with van der Waals surface area (Å²) in [6.07, 6.45) is -0.759. The number of nitrogens with zero attached hydrogens (tertiary/aromatic N) is 1. The van der Waals surface area contributed by atoms with Gasteiger partial charge in [-0.1, -0.05) is 12.1 Å². The SMILES string of the molecule is O=C1CN(C[C@@H](O)COc2ccccc2F)CCN1. The quantitative estimate of drug-likeness (QED) is 0.789. The normalized spacial score (nSPS) is 17.9. The molecule has 1 saturated heterocycles. The molecule has 2 rings (SSSR count). The molecule has 1 aromatic carbocycles. The Hall–Kier alpha value is -1.66. The first-order chi connectivity index (χ1) is 9.15. The number of amides is 1. The van der Waals surface area contributed by atoms with Crippen LogP contribution in [-0.2, 0) is 4.79 Å². The number of piperazine rings is 1. The average molecular weight is 268 g/mol. The molecule has 0 spiro atoms. The third kappa shape index (κ3) is 4.18. The van der Waals surface area contributed by atoms with Gasteiger partial charge in [0.1, 0.15) is 12.7 Å². The van der Waals surface area contributed by atoms with Crippen molar-refractivity contribution in [3.05, 3.63) is 30.1 Å². The second-order valence-corrected chi connectivity index (χ2v) is 4.48. The molecule has 1 heterocycles. The van der Waals surface area contributed by atoms with Gasteiger partial charge in [0.15, 0.2) is 11.6 Å². The third-order valence-corrected chi connectivity index (χ3v) is 2.85. The van der Waals surface area contributed by atoms with E-state index < -0.39 is 11.9 Å². The third-order valence-electron chi connectivity index (χ3n) is 2.85. The minimum absolute atomic E-state index is 0.000940. The molecule has 1 amide bonds. The van der Waals surface area contributed by atoms with Gasteiger partial charge in [0, 0.05) is 19.6 Å². The van der Waals surface area contributed by atoms with Crippen LogP contribution < -0.4 is 10.1 Å². The van der Waals surface area contributed by atoms with Crippen LogP contribution in [0.25, 0.3) is 0 Å². The van der Waals surface area contributed by atoms with E-state index in [4.69, 9.17) is 4.74 Å². The van der Waals surface area contributed by atoms with Gasteiger partial charge in [0.25, 0.3) is 0 Å². The van der Waals surface area contributed by atoms with Crippen LogP contribution in [0, 0.1) is 5.82 Å². The summed E-state index contributed by atoms with van der Waals surface area (Å²) in [6, 6.07) is 6.05. The highest BCUT2D eigenvalue weighted by molar-refractivity contribution is 5.78. The Morgan fingerprint density at radius 3 is 3.00 bits per heavy atom. The zero-order chi connectivity index (χ0) is 13.7. The molecule has 1 aliphatic rings. The van der Waals surface area contributed by atoms with E-state index in [0.717, 1.165) is 0 Å². The van der Waals surface area contributed by atoms with Crippen LogP contribution in [0.1, 0.15) is 0 Å². The van der Waals surface area contributed by atoms with Gasteiger partial charge in [-0.2, -0.15) is 0 Å². The standard InChI is InChI=1S/C13H17FN2O3/c14-11-3-1-2-4-12(11)19-9-10(17)7-16-6-5-15-13(18)8-16/h1-4,10,17H,5-9H2,(H,15,18)/t10-/m1/s1. The highest BCUT2D eigenvalue weighted by Crippen LogP contribution is 2.15. The lowest BCUT2D eigenvalue weighted by molar-refractivity contribution is -0.124. The van der Waals surface area contributed by atoms with Crippen molar-refractivity contribution in [3.63, 3.8) is 0 Å². The number of aliphatic hydroxyl groups excluding tert-OH is 1. The van der Waals surface area contributed by atoms with Crippen molar-refractivity contribution >= 4 is 5.91 Å². The number of aliphatic hydroxyl groups is 1. The van der Waals surface area contributed by atoms with Crippen molar-refractivity contribution in [3.8, 4) is 5.75 Å². The number of β-amino-alcohol motifs (C(OH)–C–C–N with tert-alkyl or cyclic N) is 1. The summed E-state index contributed by atoms with van der Waals surface area (Å²) in [5.41, 5.74) is 0. The monoisotopic (exact) mass is 268 g/mol. The smallest absolute Gasteiger partial charge is 0.234 e. The van der Waals surface area contributed by atoms with Gasteiger partial charge in [-0.25, -0.2) is 4.39 Å². The molecule has 19 heavy (non-hydrogen) atoms. The van der Waals surface area contributed by atoms with Crippen LogP contribution in [0.4, 0.5) is 4.39 Å². The Bertz CT molecular complexity index is 442. The maximum absolute atomic E-state index is 13.3. The molecular formula is C13H17FN2O3. The van der Waals surface area contributed by atoms with E-state index in [9.17, 15) is 14.3 Å². The van der Waals surface area contributed by atoms with Crippen LogP contribution in [0.15, 0.2) is 24.3 Å². The number of nitrogens with one attached hydrogen (secondary N) is 1. The Kier molecular flexibility index (Phi) is 4.70. The van der Waals surface area contributed by atoms with Crippen molar-refractivity contribution < 1.29 is 19.0 Å². The van der Waals surface area contributed by atoms with E-state index in [0.29, 0.717) is 19.6 Å². The van der Waals surface area contributed by atoms with Crippen LogP contribution in [0.2, 0.25) is 0 Å². The molecule has 5 nitrogen and oxygen atoms in total. The van der Waals surface area contributed by atoms with Crippen molar-refractivity contribution in [2.24, 2.45) is 0 Å². The van der Waals surface area contributed by atoms with E-state index in [1.54, 1.807) is 12.1 Å².